The van der Waals surface area contributed by atoms with Crippen molar-refractivity contribution < 1.29 is 19.1 Å². The summed E-state index contributed by atoms with van der Waals surface area (Å²) in [7, 11) is 0. The average molecular weight is 190 g/mol. The molecule has 14 heavy (non-hydrogen) atoms. The van der Waals surface area contributed by atoms with E-state index in [4.69, 9.17) is 9.52 Å². The van der Waals surface area contributed by atoms with Crippen molar-refractivity contribution in [1.29, 1.82) is 0 Å². The maximum atomic E-state index is 11.2. The second-order valence-electron chi connectivity index (χ2n) is 2.78. The Kier molecular flexibility index (Phi) is 1.81. The summed E-state index contributed by atoms with van der Waals surface area (Å²) in [5.74, 6) is -2.42. The van der Waals surface area contributed by atoms with Crippen LogP contribution in [0.5, 0.6) is 0 Å². The van der Waals surface area contributed by atoms with Gasteiger partial charge in [0.05, 0.1) is 5.56 Å². The molecule has 0 aliphatic rings. The van der Waals surface area contributed by atoms with E-state index < -0.39 is 11.8 Å². The molecule has 0 saturated heterocycles. The number of ketones is 1. The third kappa shape index (κ3) is 1.17. The molecule has 0 spiro atoms. The monoisotopic (exact) mass is 190 g/mol. The van der Waals surface area contributed by atoms with Crippen molar-refractivity contribution in [3.05, 3.63) is 36.1 Å². The number of hydrogen-bond acceptors (Lipinski definition) is 3. The first-order valence-electron chi connectivity index (χ1n) is 3.94. The summed E-state index contributed by atoms with van der Waals surface area (Å²) < 4.78 is 5.04. The van der Waals surface area contributed by atoms with Crippen LogP contribution in [0.25, 0.3) is 11.0 Å². The zero-order valence-electron chi connectivity index (χ0n) is 7.06. The summed E-state index contributed by atoms with van der Waals surface area (Å²) >= 11 is 0. The zero-order valence-corrected chi connectivity index (χ0v) is 7.06. The minimum absolute atomic E-state index is 0.0908. The lowest BCUT2D eigenvalue weighted by atomic mass is 10.1. The predicted octanol–water partition coefficient (Wildman–Crippen LogP) is 1.70. The van der Waals surface area contributed by atoms with Crippen LogP contribution < -0.4 is 0 Å². The van der Waals surface area contributed by atoms with Crippen molar-refractivity contribution in [2.75, 3.05) is 0 Å². The van der Waals surface area contributed by atoms with Crippen molar-refractivity contribution in [3.8, 4) is 0 Å². The van der Waals surface area contributed by atoms with Gasteiger partial charge in [-0.3, -0.25) is 4.79 Å². The second-order valence-corrected chi connectivity index (χ2v) is 2.78. The van der Waals surface area contributed by atoms with Crippen molar-refractivity contribution in [1.82, 2.24) is 0 Å². The first-order valence-corrected chi connectivity index (χ1v) is 3.94. The minimum atomic E-state index is -1.48. The molecule has 0 saturated carbocycles. The number of carbonyl (C=O) groups excluding carboxylic acids is 1. The normalized spacial score (nSPS) is 10.3. The molecule has 1 N–H and O–H groups in total. The van der Waals surface area contributed by atoms with Crippen LogP contribution in [0.15, 0.2) is 34.9 Å². The average Bonchev–Trinajstić information content (AvgIpc) is 2.60. The largest absolute Gasteiger partial charge is 0.475 e. The van der Waals surface area contributed by atoms with E-state index in [2.05, 4.69) is 0 Å². The molecule has 0 unspecified atom stereocenters. The Morgan fingerprint density at radius 3 is 2.64 bits per heavy atom. The highest BCUT2D eigenvalue weighted by Gasteiger charge is 2.19. The molecule has 70 valence electrons. The fraction of sp³-hybridized carbons (Fsp3) is 0. The molecule has 0 bridgehead atoms. The fourth-order valence-electron chi connectivity index (χ4n) is 1.27. The number of furan rings is 1. The topological polar surface area (TPSA) is 67.5 Å². The lowest BCUT2D eigenvalue weighted by Crippen LogP contribution is -2.11. The maximum Gasteiger partial charge on any atom is 0.377 e. The number of rotatable bonds is 2. The molecule has 0 fully saturated rings. The van der Waals surface area contributed by atoms with E-state index in [1.807, 2.05) is 0 Å². The molecule has 0 amide bonds. The van der Waals surface area contributed by atoms with Gasteiger partial charge in [0, 0.05) is 5.39 Å². The molecule has 0 atom stereocenters. The summed E-state index contributed by atoms with van der Waals surface area (Å²) in [6, 6.07) is 6.79. The Morgan fingerprint density at radius 1 is 1.21 bits per heavy atom. The number of para-hydroxylation sites is 1. The number of carboxylic acids is 1. The highest BCUT2D eigenvalue weighted by molar-refractivity contribution is 6.42. The fourth-order valence-corrected chi connectivity index (χ4v) is 1.27. The van der Waals surface area contributed by atoms with E-state index in [0.29, 0.717) is 11.0 Å². The smallest absolute Gasteiger partial charge is 0.377 e. The number of fused-ring (bicyclic) bond motifs is 1. The third-order valence-corrected chi connectivity index (χ3v) is 1.92. The molecule has 0 radical (unpaired) electrons. The second kappa shape index (κ2) is 2.99. The molecule has 1 aromatic carbocycles. The number of aliphatic carboxylic acids is 1. The highest BCUT2D eigenvalue weighted by atomic mass is 16.4. The summed E-state index contributed by atoms with van der Waals surface area (Å²) in [5.41, 5.74) is 0.602. The van der Waals surface area contributed by atoms with E-state index in [-0.39, 0.29) is 5.56 Å². The van der Waals surface area contributed by atoms with Crippen LogP contribution in [-0.2, 0) is 4.79 Å². The number of Topliss-reactive ketones (excluding diaryl/α,β-unsaturated/α-hetero) is 1. The van der Waals surface area contributed by atoms with Crippen LogP contribution >= 0.6 is 0 Å². The van der Waals surface area contributed by atoms with Crippen LogP contribution in [0.1, 0.15) is 10.4 Å². The van der Waals surface area contributed by atoms with Gasteiger partial charge in [-0.15, -0.1) is 0 Å². The van der Waals surface area contributed by atoms with E-state index in [1.165, 1.54) is 6.26 Å². The minimum Gasteiger partial charge on any atom is -0.475 e. The van der Waals surface area contributed by atoms with Gasteiger partial charge in [0.25, 0.3) is 5.78 Å². The van der Waals surface area contributed by atoms with E-state index in [9.17, 15) is 9.59 Å². The standard InChI is InChI=1S/C10H6O4/c11-9(10(12)13)7-5-14-8-4-2-1-3-6(7)8/h1-5H,(H,12,13). The van der Waals surface area contributed by atoms with E-state index in [1.54, 1.807) is 24.3 Å². The van der Waals surface area contributed by atoms with Gasteiger partial charge >= 0.3 is 5.97 Å². The van der Waals surface area contributed by atoms with Gasteiger partial charge in [0.1, 0.15) is 11.8 Å². The number of benzene rings is 1. The Morgan fingerprint density at radius 2 is 1.93 bits per heavy atom. The maximum absolute atomic E-state index is 11.2. The highest BCUT2D eigenvalue weighted by Crippen LogP contribution is 2.20. The quantitative estimate of drug-likeness (QED) is 0.578. The third-order valence-electron chi connectivity index (χ3n) is 1.92. The molecule has 1 heterocycles. The van der Waals surface area contributed by atoms with Gasteiger partial charge in [-0.1, -0.05) is 18.2 Å². The first kappa shape index (κ1) is 8.50. The Bertz CT molecular complexity index is 510. The van der Waals surface area contributed by atoms with Crippen LogP contribution in [0.2, 0.25) is 0 Å². The summed E-state index contributed by atoms with van der Waals surface area (Å²) in [6.45, 7) is 0. The van der Waals surface area contributed by atoms with Crippen LogP contribution in [0.4, 0.5) is 0 Å². The van der Waals surface area contributed by atoms with Crippen LogP contribution in [0.3, 0.4) is 0 Å². The molecule has 0 aliphatic heterocycles. The number of carbonyl (C=O) groups is 2. The van der Waals surface area contributed by atoms with Crippen molar-refractivity contribution >= 4 is 22.7 Å². The summed E-state index contributed by atoms with van der Waals surface area (Å²) in [5, 5.41) is 9.05. The molecule has 0 aliphatic carbocycles. The van der Waals surface area contributed by atoms with Gasteiger partial charge in [-0.25, -0.2) is 4.79 Å². The van der Waals surface area contributed by atoms with Gasteiger partial charge < -0.3 is 9.52 Å². The van der Waals surface area contributed by atoms with Gasteiger partial charge in [0.15, 0.2) is 0 Å². The summed E-state index contributed by atoms with van der Waals surface area (Å²) in [6.07, 6.45) is 1.17. The number of carboxylic acid groups (broad SMARTS) is 1. The van der Waals surface area contributed by atoms with E-state index >= 15 is 0 Å². The van der Waals surface area contributed by atoms with Crippen LogP contribution in [-0.4, -0.2) is 16.9 Å². The molecule has 1 aromatic heterocycles. The predicted molar refractivity (Wildman–Crippen MR) is 48.2 cm³/mol. The lowest BCUT2D eigenvalue weighted by molar-refractivity contribution is -0.131. The van der Waals surface area contributed by atoms with Crippen LogP contribution in [0, 0.1) is 0 Å². The molecule has 4 nitrogen and oxygen atoms in total. The van der Waals surface area contributed by atoms with Gasteiger partial charge in [-0.2, -0.15) is 0 Å². The molecular weight excluding hydrogens is 184 g/mol. The number of hydrogen-bond donors (Lipinski definition) is 1. The van der Waals surface area contributed by atoms with Crippen molar-refractivity contribution in [2.24, 2.45) is 0 Å². The zero-order chi connectivity index (χ0) is 10.1. The van der Waals surface area contributed by atoms with Crippen molar-refractivity contribution in [3.63, 3.8) is 0 Å². The molecular formula is C10H6O4. The van der Waals surface area contributed by atoms with Gasteiger partial charge in [0.2, 0.25) is 0 Å². The molecule has 4 heteroatoms. The summed E-state index contributed by atoms with van der Waals surface area (Å²) in [4.78, 5) is 21.6. The molecule has 2 rings (SSSR count). The Hall–Kier alpha value is -2.10. The van der Waals surface area contributed by atoms with Crippen molar-refractivity contribution in [2.45, 2.75) is 0 Å². The van der Waals surface area contributed by atoms with Gasteiger partial charge in [-0.05, 0) is 6.07 Å². The Labute approximate surface area is 78.8 Å². The first-order chi connectivity index (χ1) is 6.70. The lowest BCUT2D eigenvalue weighted by Gasteiger charge is -1.90. The Balaban J connectivity index is 2.64. The molecule has 2 aromatic rings. The SMILES string of the molecule is O=C(O)C(=O)c1coc2ccccc12. The van der Waals surface area contributed by atoms with E-state index in [0.717, 1.165) is 0 Å².